The summed E-state index contributed by atoms with van der Waals surface area (Å²) in [5.41, 5.74) is 2.14. The molecule has 19 heavy (non-hydrogen) atoms. The molecule has 1 N–H and O–H groups in total. The van der Waals surface area contributed by atoms with Gasteiger partial charge in [0, 0.05) is 23.8 Å². The number of rotatable bonds is 4. The summed E-state index contributed by atoms with van der Waals surface area (Å²) in [6.45, 7) is 1.99. The molecule has 2 rings (SSSR count). The van der Waals surface area contributed by atoms with Gasteiger partial charge >= 0.3 is 0 Å². The molecule has 0 aliphatic carbocycles. The van der Waals surface area contributed by atoms with Crippen LogP contribution in [0.2, 0.25) is 0 Å². The second-order valence-electron chi connectivity index (χ2n) is 4.06. The lowest BCUT2D eigenvalue weighted by Gasteiger charge is -2.06. The van der Waals surface area contributed by atoms with E-state index in [1.54, 1.807) is 16.8 Å². The van der Waals surface area contributed by atoms with Crippen molar-refractivity contribution >= 4 is 33.0 Å². The van der Waals surface area contributed by atoms with E-state index in [9.17, 15) is 10.1 Å². The molecule has 0 aliphatic rings. The van der Waals surface area contributed by atoms with E-state index >= 15 is 0 Å². The minimum absolute atomic E-state index is 0.0362. The second kappa shape index (κ2) is 5.40. The van der Waals surface area contributed by atoms with E-state index < -0.39 is 4.92 Å². The Labute approximate surface area is 118 Å². The SMILES string of the molecule is CCc1nn(C)cc1Nc1cc(Br)ccc1[N+](=O)[O-]. The normalized spacial score (nSPS) is 10.5. The lowest BCUT2D eigenvalue weighted by molar-refractivity contribution is -0.383. The summed E-state index contributed by atoms with van der Waals surface area (Å²) >= 11 is 3.32. The van der Waals surface area contributed by atoms with Gasteiger partial charge in [0.15, 0.2) is 0 Å². The Bertz CT molecular complexity index is 624. The monoisotopic (exact) mass is 324 g/mol. The maximum atomic E-state index is 11.0. The standard InChI is InChI=1S/C12H13BrN4O2/c1-3-9-11(7-16(2)15-9)14-10-6-8(13)4-5-12(10)17(18)19/h4-7,14H,3H2,1-2H3. The molecule has 0 bridgehead atoms. The predicted molar refractivity (Wildman–Crippen MR) is 76.7 cm³/mol. The number of halogens is 1. The molecule has 2 aromatic rings. The number of benzene rings is 1. The number of nitrogens with one attached hydrogen (secondary N) is 1. The Balaban J connectivity index is 2.42. The minimum atomic E-state index is -0.406. The van der Waals surface area contributed by atoms with Crippen LogP contribution in [0.15, 0.2) is 28.9 Å². The number of nitro groups is 1. The van der Waals surface area contributed by atoms with Crippen LogP contribution < -0.4 is 5.32 Å². The first-order chi connectivity index (χ1) is 9.01. The van der Waals surface area contributed by atoms with E-state index in [-0.39, 0.29) is 5.69 Å². The molecule has 1 aromatic carbocycles. The van der Waals surface area contributed by atoms with Gasteiger partial charge in [-0.15, -0.1) is 0 Å². The van der Waals surface area contributed by atoms with Gasteiger partial charge < -0.3 is 5.32 Å². The van der Waals surface area contributed by atoms with Crippen molar-refractivity contribution in [3.8, 4) is 0 Å². The molecule has 0 saturated carbocycles. The van der Waals surface area contributed by atoms with Crippen molar-refractivity contribution < 1.29 is 4.92 Å². The minimum Gasteiger partial charge on any atom is -0.347 e. The second-order valence-corrected chi connectivity index (χ2v) is 4.98. The molecule has 6 nitrogen and oxygen atoms in total. The van der Waals surface area contributed by atoms with Crippen LogP contribution in [-0.4, -0.2) is 14.7 Å². The van der Waals surface area contributed by atoms with E-state index in [1.165, 1.54) is 6.07 Å². The molecular formula is C12H13BrN4O2. The van der Waals surface area contributed by atoms with E-state index in [2.05, 4.69) is 26.3 Å². The maximum absolute atomic E-state index is 11.0. The van der Waals surface area contributed by atoms with Crippen LogP contribution in [0.25, 0.3) is 0 Å². The van der Waals surface area contributed by atoms with Crippen LogP contribution in [0.1, 0.15) is 12.6 Å². The van der Waals surface area contributed by atoms with Crippen molar-refractivity contribution in [1.29, 1.82) is 0 Å². The zero-order valence-electron chi connectivity index (χ0n) is 10.6. The molecule has 0 amide bonds. The molecule has 7 heteroatoms. The van der Waals surface area contributed by atoms with Crippen LogP contribution in [0, 0.1) is 10.1 Å². The highest BCUT2D eigenvalue weighted by atomic mass is 79.9. The molecular weight excluding hydrogens is 312 g/mol. The fourth-order valence-corrected chi connectivity index (χ4v) is 2.17. The molecule has 0 spiro atoms. The van der Waals surface area contributed by atoms with Crippen LogP contribution in [-0.2, 0) is 13.5 Å². The van der Waals surface area contributed by atoms with Gasteiger partial charge in [-0.05, 0) is 18.6 Å². The van der Waals surface area contributed by atoms with Crippen molar-refractivity contribution in [3.63, 3.8) is 0 Å². The average molecular weight is 325 g/mol. The third-order valence-electron chi connectivity index (χ3n) is 2.66. The Morgan fingerprint density at radius 3 is 2.84 bits per heavy atom. The highest BCUT2D eigenvalue weighted by molar-refractivity contribution is 9.10. The largest absolute Gasteiger partial charge is 0.347 e. The number of anilines is 2. The molecule has 0 saturated heterocycles. The molecule has 0 unspecified atom stereocenters. The lowest BCUT2D eigenvalue weighted by atomic mass is 10.2. The Hall–Kier alpha value is -1.89. The zero-order chi connectivity index (χ0) is 14.0. The molecule has 0 radical (unpaired) electrons. The van der Waals surface area contributed by atoms with Gasteiger partial charge in [0.2, 0.25) is 0 Å². The van der Waals surface area contributed by atoms with Gasteiger partial charge in [-0.2, -0.15) is 5.10 Å². The van der Waals surface area contributed by atoms with Gasteiger partial charge in [0.1, 0.15) is 5.69 Å². The predicted octanol–water partition coefficient (Wildman–Crippen LogP) is 3.40. The number of nitro benzene ring substituents is 1. The van der Waals surface area contributed by atoms with E-state index in [0.29, 0.717) is 5.69 Å². The highest BCUT2D eigenvalue weighted by Gasteiger charge is 2.16. The summed E-state index contributed by atoms with van der Waals surface area (Å²) in [5.74, 6) is 0. The zero-order valence-corrected chi connectivity index (χ0v) is 12.1. The molecule has 0 aliphatic heterocycles. The van der Waals surface area contributed by atoms with E-state index in [0.717, 1.165) is 22.3 Å². The summed E-state index contributed by atoms with van der Waals surface area (Å²) in [5, 5.41) is 18.4. The van der Waals surface area contributed by atoms with Crippen molar-refractivity contribution in [2.45, 2.75) is 13.3 Å². The lowest BCUT2D eigenvalue weighted by Crippen LogP contribution is -1.98. The van der Waals surface area contributed by atoms with Gasteiger partial charge in [-0.3, -0.25) is 14.8 Å². The number of nitrogens with zero attached hydrogens (tertiary/aromatic N) is 3. The summed E-state index contributed by atoms with van der Waals surface area (Å²) < 4.78 is 2.47. The first-order valence-corrected chi connectivity index (χ1v) is 6.54. The van der Waals surface area contributed by atoms with Crippen molar-refractivity contribution in [2.24, 2.45) is 7.05 Å². The first kappa shape index (κ1) is 13.5. The maximum Gasteiger partial charge on any atom is 0.292 e. The smallest absolute Gasteiger partial charge is 0.292 e. The quantitative estimate of drug-likeness (QED) is 0.691. The topological polar surface area (TPSA) is 73.0 Å². The molecule has 1 heterocycles. The Kier molecular flexibility index (Phi) is 3.84. The number of aromatic nitrogens is 2. The number of hydrogen-bond acceptors (Lipinski definition) is 4. The Morgan fingerprint density at radius 1 is 1.47 bits per heavy atom. The van der Waals surface area contributed by atoms with Crippen LogP contribution >= 0.6 is 15.9 Å². The molecule has 0 atom stereocenters. The molecule has 1 aromatic heterocycles. The fourth-order valence-electron chi connectivity index (χ4n) is 1.81. The van der Waals surface area contributed by atoms with E-state index in [1.807, 2.05) is 20.2 Å². The van der Waals surface area contributed by atoms with E-state index in [4.69, 9.17) is 0 Å². The van der Waals surface area contributed by atoms with Crippen molar-refractivity contribution in [1.82, 2.24) is 9.78 Å². The summed E-state index contributed by atoms with van der Waals surface area (Å²) in [7, 11) is 1.82. The average Bonchev–Trinajstić information content (AvgIpc) is 2.69. The molecule has 0 fully saturated rings. The van der Waals surface area contributed by atoms with Crippen LogP contribution in [0.5, 0.6) is 0 Å². The first-order valence-electron chi connectivity index (χ1n) is 5.74. The van der Waals surface area contributed by atoms with Gasteiger partial charge in [0.05, 0.1) is 16.3 Å². The Morgan fingerprint density at radius 2 is 2.21 bits per heavy atom. The van der Waals surface area contributed by atoms with Gasteiger partial charge in [-0.25, -0.2) is 0 Å². The summed E-state index contributed by atoms with van der Waals surface area (Å²) in [6.07, 6.45) is 2.56. The van der Waals surface area contributed by atoms with Crippen LogP contribution in [0.3, 0.4) is 0 Å². The molecule has 100 valence electrons. The van der Waals surface area contributed by atoms with Crippen molar-refractivity contribution in [2.75, 3.05) is 5.32 Å². The highest BCUT2D eigenvalue weighted by Crippen LogP contribution is 2.31. The number of aryl methyl sites for hydroxylation is 2. The summed E-state index contributed by atoms with van der Waals surface area (Å²) in [4.78, 5) is 10.6. The third-order valence-corrected chi connectivity index (χ3v) is 3.16. The van der Waals surface area contributed by atoms with Crippen LogP contribution in [0.4, 0.5) is 17.1 Å². The van der Waals surface area contributed by atoms with Gasteiger partial charge in [-0.1, -0.05) is 22.9 Å². The summed E-state index contributed by atoms with van der Waals surface area (Å²) in [6, 6.07) is 4.80. The fraction of sp³-hybridized carbons (Fsp3) is 0.250. The number of hydrogen-bond donors (Lipinski definition) is 1. The third kappa shape index (κ3) is 2.93. The van der Waals surface area contributed by atoms with Gasteiger partial charge in [0.25, 0.3) is 5.69 Å². The van der Waals surface area contributed by atoms with Crippen molar-refractivity contribution in [3.05, 3.63) is 44.7 Å².